The van der Waals surface area contributed by atoms with Crippen LogP contribution in [0.25, 0.3) is 10.9 Å². The molecule has 0 spiro atoms. The van der Waals surface area contributed by atoms with Crippen LogP contribution in [0.2, 0.25) is 0 Å². The molecule has 0 aliphatic rings. The van der Waals surface area contributed by atoms with E-state index >= 15 is 0 Å². The van der Waals surface area contributed by atoms with Gasteiger partial charge in [-0.05, 0) is 42.3 Å². The molecule has 4 aromatic rings. The maximum Gasteiger partial charge on any atom is 0.524 e. The topological polar surface area (TPSA) is 148 Å². The molecule has 0 bridgehead atoms. The summed E-state index contributed by atoms with van der Waals surface area (Å²) < 4.78 is 35.7. The van der Waals surface area contributed by atoms with Crippen molar-refractivity contribution in [2.24, 2.45) is 0 Å². The average Bonchev–Trinajstić information content (AvgIpc) is 3.47. The van der Waals surface area contributed by atoms with Crippen molar-refractivity contribution in [3.63, 3.8) is 0 Å². The molecule has 3 N–H and O–H groups in total. The number of fused-ring (bicyclic) bond motifs is 1. The SMILES string of the molecule is CC[C@@H](O)c1csc(C(=O)c2cn(C(=O)OCc3ccc(OP(=O)(O)O)cc3)c3cc(F)ccc23)n1. The van der Waals surface area contributed by atoms with E-state index in [1.807, 2.05) is 0 Å². The second-order valence-corrected chi connectivity index (χ2v) is 9.71. The van der Waals surface area contributed by atoms with Gasteiger partial charge in [-0.3, -0.25) is 19.1 Å². The van der Waals surface area contributed by atoms with Crippen LogP contribution in [-0.4, -0.2) is 36.3 Å². The third-order valence-corrected chi connectivity index (χ3v) is 6.47. The Morgan fingerprint density at radius 1 is 1.19 bits per heavy atom. The van der Waals surface area contributed by atoms with Gasteiger partial charge in [0, 0.05) is 17.0 Å². The lowest BCUT2D eigenvalue weighted by Gasteiger charge is -2.09. The van der Waals surface area contributed by atoms with Crippen molar-refractivity contribution in [2.75, 3.05) is 0 Å². The molecule has 0 fully saturated rings. The van der Waals surface area contributed by atoms with Crippen molar-refractivity contribution >= 4 is 41.9 Å². The predicted molar refractivity (Wildman–Crippen MR) is 127 cm³/mol. The van der Waals surface area contributed by atoms with Crippen LogP contribution in [0.15, 0.2) is 54.0 Å². The summed E-state index contributed by atoms with van der Waals surface area (Å²) in [6.45, 7) is 1.57. The summed E-state index contributed by atoms with van der Waals surface area (Å²) in [5, 5.41) is 12.0. The molecule has 2 aromatic carbocycles. The Morgan fingerprint density at radius 2 is 1.92 bits per heavy atom. The summed E-state index contributed by atoms with van der Waals surface area (Å²) in [6, 6.07) is 9.17. The van der Waals surface area contributed by atoms with Gasteiger partial charge >= 0.3 is 13.9 Å². The number of aliphatic hydroxyl groups is 1. The number of phosphoric acid groups is 1. The minimum Gasteiger partial charge on any atom is -0.444 e. The number of carbonyl (C=O) groups is 2. The zero-order valence-electron chi connectivity index (χ0n) is 18.7. The third-order valence-electron chi connectivity index (χ3n) is 5.16. The first-order valence-electron chi connectivity index (χ1n) is 10.6. The highest BCUT2D eigenvalue weighted by Crippen LogP contribution is 2.37. The molecule has 0 amide bonds. The molecule has 188 valence electrons. The van der Waals surface area contributed by atoms with E-state index in [0.717, 1.165) is 22.0 Å². The number of ether oxygens (including phenoxy) is 1. The Hall–Kier alpha value is -3.41. The first-order chi connectivity index (χ1) is 17.1. The lowest BCUT2D eigenvalue weighted by Crippen LogP contribution is -2.13. The number of nitrogens with zero attached hydrogens (tertiary/aromatic N) is 2. The van der Waals surface area contributed by atoms with Gasteiger partial charge in [-0.2, -0.15) is 0 Å². The lowest BCUT2D eigenvalue weighted by molar-refractivity contribution is 0.103. The van der Waals surface area contributed by atoms with Gasteiger partial charge in [0.05, 0.1) is 22.9 Å². The fourth-order valence-corrected chi connectivity index (χ4v) is 4.61. The third kappa shape index (κ3) is 5.69. The maximum absolute atomic E-state index is 14.0. The molecule has 13 heteroatoms. The van der Waals surface area contributed by atoms with Gasteiger partial charge in [0.15, 0.2) is 5.01 Å². The standard InChI is InChI=1S/C23H20FN2O8PS/c1-2-20(27)18-12-36-22(25-18)21(28)17-10-26(19-9-14(24)5-8-16(17)19)23(29)33-11-13-3-6-15(7-4-13)34-35(30,31)32/h3-10,12,20,27H,2,11H2,1H3,(H2,30,31,32)/t20-/m1/s1. The number of aromatic nitrogens is 2. The molecule has 0 aliphatic heterocycles. The van der Waals surface area contributed by atoms with Crippen LogP contribution in [-0.2, 0) is 15.9 Å². The second kappa shape index (κ2) is 10.3. The van der Waals surface area contributed by atoms with Crippen LogP contribution >= 0.6 is 19.2 Å². The van der Waals surface area contributed by atoms with Crippen LogP contribution in [0.1, 0.15) is 46.1 Å². The fourth-order valence-electron chi connectivity index (χ4n) is 3.40. The number of halogens is 1. The molecule has 36 heavy (non-hydrogen) atoms. The molecular formula is C23H20FN2O8PS. The van der Waals surface area contributed by atoms with Crippen LogP contribution in [0, 0.1) is 5.82 Å². The first kappa shape index (κ1) is 25.7. The highest BCUT2D eigenvalue weighted by molar-refractivity contribution is 7.46. The second-order valence-electron chi connectivity index (χ2n) is 7.69. The number of aliphatic hydroxyl groups excluding tert-OH is 1. The van der Waals surface area contributed by atoms with E-state index in [4.69, 9.17) is 14.5 Å². The average molecular weight is 534 g/mol. The summed E-state index contributed by atoms with van der Waals surface area (Å²) in [7, 11) is -4.70. The Kier molecular flexibility index (Phi) is 7.34. The van der Waals surface area contributed by atoms with Crippen molar-refractivity contribution in [3.05, 3.63) is 81.7 Å². The predicted octanol–water partition coefficient (Wildman–Crippen LogP) is 4.57. The van der Waals surface area contributed by atoms with E-state index < -0.39 is 31.6 Å². The van der Waals surface area contributed by atoms with Crippen molar-refractivity contribution < 1.29 is 42.7 Å². The van der Waals surface area contributed by atoms with E-state index in [9.17, 15) is 23.7 Å². The minimum absolute atomic E-state index is 0.0646. The Morgan fingerprint density at radius 3 is 2.58 bits per heavy atom. The normalized spacial score (nSPS) is 12.5. The molecule has 2 aromatic heterocycles. The first-order valence-corrected chi connectivity index (χ1v) is 13.0. The summed E-state index contributed by atoms with van der Waals surface area (Å²) in [6.07, 6.45) is 0.0108. The zero-order valence-corrected chi connectivity index (χ0v) is 20.4. The van der Waals surface area contributed by atoms with E-state index in [1.54, 1.807) is 12.3 Å². The Bertz CT molecular complexity index is 1480. The summed E-state index contributed by atoms with van der Waals surface area (Å²) in [5.41, 5.74) is 1.11. The molecule has 0 aliphatic carbocycles. The van der Waals surface area contributed by atoms with Gasteiger partial charge in [0.1, 0.15) is 18.2 Å². The van der Waals surface area contributed by atoms with Gasteiger partial charge in [-0.15, -0.1) is 11.3 Å². The molecule has 0 saturated carbocycles. The van der Waals surface area contributed by atoms with Crippen LogP contribution in [0.4, 0.5) is 9.18 Å². The maximum atomic E-state index is 14.0. The monoisotopic (exact) mass is 534 g/mol. The van der Waals surface area contributed by atoms with E-state index in [2.05, 4.69) is 9.51 Å². The van der Waals surface area contributed by atoms with Crippen molar-refractivity contribution in [3.8, 4) is 5.75 Å². The molecule has 1 atom stereocenters. The molecule has 4 rings (SSSR count). The zero-order chi connectivity index (χ0) is 26.0. The molecule has 0 unspecified atom stereocenters. The van der Waals surface area contributed by atoms with Crippen LogP contribution < -0.4 is 4.52 Å². The highest BCUT2D eigenvalue weighted by atomic mass is 32.1. The smallest absolute Gasteiger partial charge is 0.444 e. The number of thiazole rings is 1. The van der Waals surface area contributed by atoms with E-state index in [0.29, 0.717) is 23.1 Å². The number of carbonyl (C=O) groups excluding carboxylic acids is 2. The quantitative estimate of drug-likeness (QED) is 0.218. The van der Waals surface area contributed by atoms with Gasteiger partial charge in [-0.25, -0.2) is 18.7 Å². The van der Waals surface area contributed by atoms with Crippen LogP contribution in [0.3, 0.4) is 0 Å². The van der Waals surface area contributed by atoms with Crippen molar-refractivity contribution in [1.82, 2.24) is 9.55 Å². The number of phosphoric ester groups is 1. The van der Waals surface area contributed by atoms with Crippen LogP contribution in [0.5, 0.6) is 5.75 Å². The molecule has 10 nitrogen and oxygen atoms in total. The Labute approximate surface area is 207 Å². The molecule has 2 heterocycles. The van der Waals surface area contributed by atoms with Crippen molar-refractivity contribution in [1.29, 1.82) is 0 Å². The van der Waals surface area contributed by atoms with Gasteiger partial charge in [-0.1, -0.05) is 19.1 Å². The van der Waals surface area contributed by atoms with Gasteiger partial charge in [0.2, 0.25) is 5.78 Å². The highest BCUT2D eigenvalue weighted by Gasteiger charge is 2.24. The molecular weight excluding hydrogens is 514 g/mol. The number of benzene rings is 2. The van der Waals surface area contributed by atoms with Gasteiger partial charge in [0.25, 0.3) is 0 Å². The summed E-state index contributed by atoms with van der Waals surface area (Å²) >= 11 is 1.06. The molecule has 0 saturated heterocycles. The van der Waals surface area contributed by atoms with Crippen molar-refractivity contribution in [2.45, 2.75) is 26.1 Å². The number of ketones is 1. The minimum atomic E-state index is -4.70. The number of hydrogen-bond acceptors (Lipinski definition) is 8. The fraction of sp³-hybridized carbons (Fsp3) is 0.174. The molecule has 0 radical (unpaired) electrons. The van der Waals surface area contributed by atoms with E-state index in [-0.39, 0.29) is 28.4 Å². The summed E-state index contributed by atoms with van der Waals surface area (Å²) in [4.78, 5) is 47.9. The summed E-state index contributed by atoms with van der Waals surface area (Å²) in [5.74, 6) is -1.17. The van der Waals surface area contributed by atoms with Gasteiger partial charge < -0.3 is 14.4 Å². The number of rotatable bonds is 8. The lowest BCUT2D eigenvalue weighted by atomic mass is 10.1. The Balaban J connectivity index is 1.57. The van der Waals surface area contributed by atoms with E-state index in [1.165, 1.54) is 42.6 Å². The largest absolute Gasteiger partial charge is 0.524 e. The number of hydrogen-bond donors (Lipinski definition) is 3.